The van der Waals surface area contributed by atoms with Gasteiger partial charge >= 0.3 is 0 Å². The molecule has 0 heterocycles. The first-order chi connectivity index (χ1) is 7.88. The summed E-state index contributed by atoms with van der Waals surface area (Å²) >= 11 is 0. The fourth-order valence-electron chi connectivity index (χ4n) is 1.51. The van der Waals surface area contributed by atoms with Gasteiger partial charge in [0.1, 0.15) is 11.5 Å². The zero-order chi connectivity index (χ0) is 11.2. The van der Waals surface area contributed by atoms with Gasteiger partial charge in [0.25, 0.3) is 0 Å². The Labute approximate surface area is 135 Å². The Bertz CT molecular complexity index is 445. The van der Waals surface area contributed by atoms with Crippen molar-refractivity contribution in [3.63, 3.8) is 0 Å². The van der Waals surface area contributed by atoms with Crippen molar-refractivity contribution in [2.24, 2.45) is 0 Å². The Morgan fingerprint density at radius 2 is 1.61 bits per heavy atom. The fourth-order valence-corrected chi connectivity index (χ4v) is 1.51. The number of hydrogen-bond acceptors (Lipinski definition) is 1. The Kier molecular flexibility index (Phi) is 8.90. The largest absolute Gasteiger partial charge is 0.661 e. The second kappa shape index (κ2) is 9.26. The topological polar surface area (TPSA) is 23.3 Å². The standard InChI is InChI=1S/C14H14NO.CH3.Y/c1-15-11-12-6-5-9-14(10-12)16-13-7-3-2-4-8-13;;/h2-10H,11H2,1H3;1H3;/q2*-1;. The first kappa shape index (κ1) is 17.3. The second-order valence-corrected chi connectivity index (χ2v) is 3.54. The molecule has 0 fully saturated rings. The van der Waals surface area contributed by atoms with Crippen LogP contribution in [0, 0.1) is 7.43 Å². The maximum absolute atomic E-state index is 5.72. The third kappa shape index (κ3) is 5.30. The van der Waals surface area contributed by atoms with Crippen LogP contribution in [0.25, 0.3) is 5.32 Å². The third-order valence-electron chi connectivity index (χ3n) is 2.22. The molecule has 0 aromatic heterocycles. The molecule has 0 spiro atoms. The van der Waals surface area contributed by atoms with Crippen LogP contribution in [0.15, 0.2) is 54.6 Å². The molecule has 3 heteroatoms. The summed E-state index contributed by atoms with van der Waals surface area (Å²) in [7, 11) is 1.81. The molecule has 0 aliphatic carbocycles. The van der Waals surface area contributed by atoms with Crippen LogP contribution in [0.3, 0.4) is 0 Å². The van der Waals surface area contributed by atoms with Gasteiger partial charge in [-0.3, -0.25) is 0 Å². The SMILES string of the molecule is C[N-]Cc1cccc(Oc2ccccc2)c1.[CH3-].[Y]. The summed E-state index contributed by atoms with van der Waals surface area (Å²) in [5.74, 6) is 1.71. The first-order valence-corrected chi connectivity index (χ1v) is 5.26. The molecule has 0 amide bonds. The van der Waals surface area contributed by atoms with Gasteiger partial charge in [0.05, 0.1) is 0 Å². The van der Waals surface area contributed by atoms with E-state index in [-0.39, 0.29) is 40.1 Å². The molecule has 0 bridgehead atoms. The third-order valence-corrected chi connectivity index (χ3v) is 2.22. The van der Waals surface area contributed by atoms with Crippen LogP contribution in [0.4, 0.5) is 0 Å². The molecule has 18 heavy (non-hydrogen) atoms. The van der Waals surface area contributed by atoms with E-state index < -0.39 is 0 Å². The predicted octanol–water partition coefficient (Wildman–Crippen LogP) is 4.43. The van der Waals surface area contributed by atoms with Crippen LogP contribution in [0.2, 0.25) is 0 Å². The van der Waals surface area contributed by atoms with Gasteiger partial charge in [0.2, 0.25) is 0 Å². The summed E-state index contributed by atoms with van der Waals surface area (Å²) in [6.07, 6.45) is 0. The van der Waals surface area contributed by atoms with Crippen LogP contribution in [-0.4, -0.2) is 7.05 Å². The smallest absolute Gasteiger partial charge is 0.127 e. The minimum atomic E-state index is 0. The summed E-state index contributed by atoms with van der Waals surface area (Å²) in [4.78, 5) is 0. The molecule has 0 aliphatic heterocycles. The molecule has 2 aromatic carbocycles. The number of ether oxygens (including phenoxy) is 1. The maximum Gasteiger partial charge on any atom is 0.127 e. The van der Waals surface area contributed by atoms with Gasteiger partial charge in [-0.05, 0) is 24.3 Å². The van der Waals surface area contributed by atoms with Gasteiger partial charge in [0.15, 0.2) is 0 Å². The van der Waals surface area contributed by atoms with E-state index in [1.54, 1.807) is 0 Å². The van der Waals surface area contributed by atoms with Crippen molar-refractivity contribution in [3.05, 3.63) is 72.9 Å². The molecule has 0 saturated carbocycles. The van der Waals surface area contributed by atoms with Crippen molar-refractivity contribution in [1.29, 1.82) is 0 Å². The van der Waals surface area contributed by atoms with E-state index in [2.05, 4.69) is 5.32 Å². The molecule has 0 N–H and O–H groups in total. The fraction of sp³-hybridized carbons (Fsp3) is 0.133. The average molecular weight is 316 g/mol. The zero-order valence-electron chi connectivity index (χ0n) is 10.8. The summed E-state index contributed by atoms with van der Waals surface area (Å²) in [6, 6.07) is 17.8. The molecule has 2 nitrogen and oxygen atoms in total. The van der Waals surface area contributed by atoms with Crippen LogP contribution in [0.1, 0.15) is 5.56 Å². The van der Waals surface area contributed by atoms with E-state index >= 15 is 0 Å². The predicted molar refractivity (Wildman–Crippen MR) is 72.4 cm³/mol. The molecule has 2 aromatic rings. The van der Waals surface area contributed by atoms with Crippen LogP contribution in [0.5, 0.6) is 11.5 Å². The van der Waals surface area contributed by atoms with E-state index in [1.807, 2.05) is 61.6 Å². The van der Waals surface area contributed by atoms with Crippen LogP contribution in [-0.2, 0) is 39.3 Å². The van der Waals surface area contributed by atoms with E-state index in [1.165, 1.54) is 0 Å². The van der Waals surface area contributed by atoms with Gasteiger partial charge in [-0.15, -0.1) is 6.54 Å². The maximum atomic E-state index is 5.72. The minimum absolute atomic E-state index is 0. The molecule has 93 valence electrons. The zero-order valence-corrected chi connectivity index (χ0v) is 13.7. The Balaban J connectivity index is 0.00000144. The van der Waals surface area contributed by atoms with E-state index in [9.17, 15) is 0 Å². The van der Waals surface area contributed by atoms with Gasteiger partial charge in [-0.1, -0.05) is 35.9 Å². The number of hydrogen-bond donors (Lipinski definition) is 0. The van der Waals surface area contributed by atoms with E-state index in [0.717, 1.165) is 23.6 Å². The molecular weight excluding hydrogens is 299 g/mol. The quantitative estimate of drug-likeness (QED) is 0.765. The Hall–Kier alpha value is -0.696. The summed E-state index contributed by atoms with van der Waals surface area (Å²) in [5, 5.41) is 4.10. The van der Waals surface area contributed by atoms with Gasteiger partial charge in [-0.25, -0.2) is 0 Å². The Morgan fingerprint density at radius 3 is 2.28 bits per heavy atom. The number of para-hydroxylation sites is 1. The van der Waals surface area contributed by atoms with E-state index in [4.69, 9.17) is 4.74 Å². The molecule has 1 radical (unpaired) electrons. The van der Waals surface area contributed by atoms with Crippen molar-refractivity contribution in [1.82, 2.24) is 0 Å². The molecular formula is C15H17NOY-2. The van der Waals surface area contributed by atoms with Crippen LogP contribution >= 0.6 is 0 Å². The molecule has 0 aliphatic rings. The van der Waals surface area contributed by atoms with Crippen molar-refractivity contribution in [2.45, 2.75) is 6.54 Å². The second-order valence-electron chi connectivity index (χ2n) is 3.54. The van der Waals surface area contributed by atoms with Crippen molar-refractivity contribution in [2.75, 3.05) is 7.05 Å². The summed E-state index contributed by atoms with van der Waals surface area (Å²) in [6.45, 7) is 0.728. The number of rotatable bonds is 4. The van der Waals surface area contributed by atoms with E-state index in [0.29, 0.717) is 0 Å². The minimum Gasteiger partial charge on any atom is -0.661 e. The van der Waals surface area contributed by atoms with Crippen molar-refractivity contribution >= 4 is 0 Å². The van der Waals surface area contributed by atoms with Gasteiger partial charge < -0.3 is 17.5 Å². The van der Waals surface area contributed by atoms with Crippen molar-refractivity contribution < 1.29 is 37.4 Å². The van der Waals surface area contributed by atoms with Gasteiger partial charge in [0, 0.05) is 32.7 Å². The molecule has 2 rings (SSSR count). The van der Waals surface area contributed by atoms with Crippen molar-refractivity contribution in [3.8, 4) is 11.5 Å². The van der Waals surface area contributed by atoms with Crippen LogP contribution < -0.4 is 4.74 Å². The number of nitrogens with zero attached hydrogens (tertiary/aromatic N) is 1. The normalized spacial score (nSPS) is 8.94. The summed E-state index contributed by atoms with van der Waals surface area (Å²) < 4.78 is 5.72. The first-order valence-electron chi connectivity index (χ1n) is 5.26. The summed E-state index contributed by atoms with van der Waals surface area (Å²) in [5.41, 5.74) is 1.16. The molecule has 0 atom stereocenters. The Morgan fingerprint density at radius 1 is 0.944 bits per heavy atom. The average Bonchev–Trinajstić information content (AvgIpc) is 2.31. The van der Waals surface area contributed by atoms with Gasteiger partial charge in [-0.2, -0.15) is 7.05 Å². The molecule has 0 saturated heterocycles. The monoisotopic (exact) mass is 316 g/mol. The molecule has 0 unspecified atom stereocenters. The number of benzene rings is 2.